The Morgan fingerprint density at radius 2 is 1.92 bits per heavy atom. The Morgan fingerprint density at radius 3 is 2.69 bits per heavy atom. The number of hydrazone groups is 1. The summed E-state index contributed by atoms with van der Waals surface area (Å²) < 4.78 is 17.0. The standard InChI is InChI=1S/C21H24N2O3/c1-4-7-21-23-17(15-8-5-6-9-18(15)26-21)13-16(22-23)14-10-11-19(24-2)20(12-14)25-3/h5-6,8-12,17,21H,4,7,13H2,1-3H3/t17-,21+/m0/s1. The number of ether oxygens (including phenoxy) is 3. The molecule has 0 aromatic heterocycles. The molecular weight excluding hydrogens is 328 g/mol. The van der Waals surface area contributed by atoms with Crippen LogP contribution in [0.25, 0.3) is 0 Å². The molecule has 136 valence electrons. The predicted molar refractivity (Wildman–Crippen MR) is 101 cm³/mol. The van der Waals surface area contributed by atoms with Crippen LogP contribution in [0.5, 0.6) is 17.2 Å². The van der Waals surface area contributed by atoms with Gasteiger partial charge in [0.1, 0.15) is 5.75 Å². The Balaban J connectivity index is 1.70. The Labute approximate surface area is 154 Å². The zero-order chi connectivity index (χ0) is 18.1. The highest BCUT2D eigenvalue weighted by Crippen LogP contribution is 2.44. The number of hydrogen-bond acceptors (Lipinski definition) is 5. The molecule has 5 heteroatoms. The second-order valence-corrected chi connectivity index (χ2v) is 6.62. The molecular formula is C21H24N2O3. The van der Waals surface area contributed by atoms with Crippen molar-refractivity contribution in [2.24, 2.45) is 5.10 Å². The summed E-state index contributed by atoms with van der Waals surface area (Å²) in [6.07, 6.45) is 2.85. The van der Waals surface area contributed by atoms with Gasteiger partial charge < -0.3 is 14.2 Å². The van der Waals surface area contributed by atoms with Gasteiger partial charge in [-0.05, 0) is 24.3 Å². The lowest BCUT2D eigenvalue weighted by molar-refractivity contribution is -0.0223. The van der Waals surface area contributed by atoms with E-state index in [9.17, 15) is 0 Å². The second-order valence-electron chi connectivity index (χ2n) is 6.62. The molecule has 0 radical (unpaired) electrons. The van der Waals surface area contributed by atoms with Crippen molar-refractivity contribution in [1.82, 2.24) is 5.01 Å². The lowest BCUT2D eigenvalue weighted by atomic mass is 9.96. The molecule has 2 atom stereocenters. The Hall–Kier alpha value is -2.69. The largest absolute Gasteiger partial charge is 0.493 e. The molecule has 0 bridgehead atoms. The van der Waals surface area contributed by atoms with Crippen molar-refractivity contribution in [2.45, 2.75) is 38.5 Å². The normalized spacial score (nSPS) is 20.7. The minimum Gasteiger partial charge on any atom is -0.493 e. The first-order chi connectivity index (χ1) is 12.7. The van der Waals surface area contributed by atoms with Gasteiger partial charge in [-0.3, -0.25) is 5.01 Å². The molecule has 2 aliphatic rings. The van der Waals surface area contributed by atoms with Gasteiger partial charge in [-0.1, -0.05) is 31.5 Å². The Bertz CT molecular complexity index is 834. The van der Waals surface area contributed by atoms with E-state index in [4.69, 9.17) is 19.3 Å². The number of hydrogen-bond donors (Lipinski definition) is 0. The molecule has 0 N–H and O–H groups in total. The van der Waals surface area contributed by atoms with Gasteiger partial charge in [-0.15, -0.1) is 0 Å². The molecule has 2 aromatic carbocycles. The van der Waals surface area contributed by atoms with E-state index in [2.05, 4.69) is 30.1 Å². The first-order valence-electron chi connectivity index (χ1n) is 9.09. The van der Waals surface area contributed by atoms with Crippen LogP contribution in [0.4, 0.5) is 0 Å². The highest BCUT2D eigenvalue weighted by molar-refractivity contribution is 6.02. The molecule has 0 aliphatic carbocycles. The van der Waals surface area contributed by atoms with Crippen LogP contribution in [0.2, 0.25) is 0 Å². The van der Waals surface area contributed by atoms with Crippen molar-refractivity contribution in [1.29, 1.82) is 0 Å². The summed E-state index contributed by atoms with van der Waals surface area (Å²) in [4.78, 5) is 0. The van der Waals surface area contributed by atoms with Gasteiger partial charge in [0.05, 0.1) is 26.0 Å². The monoisotopic (exact) mass is 352 g/mol. The number of methoxy groups -OCH3 is 2. The number of fused-ring (bicyclic) bond motifs is 3. The molecule has 0 spiro atoms. The second kappa shape index (κ2) is 6.90. The number of rotatable bonds is 5. The summed E-state index contributed by atoms with van der Waals surface area (Å²) in [5.74, 6) is 2.43. The maximum Gasteiger partial charge on any atom is 0.187 e. The quantitative estimate of drug-likeness (QED) is 0.801. The van der Waals surface area contributed by atoms with E-state index in [1.807, 2.05) is 24.3 Å². The molecule has 0 saturated carbocycles. The molecule has 26 heavy (non-hydrogen) atoms. The highest BCUT2D eigenvalue weighted by Gasteiger charge is 2.39. The molecule has 2 heterocycles. The van der Waals surface area contributed by atoms with E-state index in [0.29, 0.717) is 0 Å². The van der Waals surface area contributed by atoms with Gasteiger partial charge >= 0.3 is 0 Å². The van der Waals surface area contributed by atoms with Gasteiger partial charge in [0.2, 0.25) is 0 Å². The summed E-state index contributed by atoms with van der Waals surface area (Å²) >= 11 is 0. The number of para-hydroxylation sites is 1. The average Bonchev–Trinajstić information content (AvgIpc) is 3.13. The van der Waals surface area contributed by atoms with Gasteiger partial charge in [0.15, 0.2) is 17.7 Å². The zero-order valence-corrected chi connectivity index (χ0v) is 15.4. The fraction of sp³-hybridized carbons (Fsp3) is 0.381. The number of benzene rings is 2. The third-order valence-electron chi connectivity index (χ3n) is 5.03. The van der Waals surface area contributed by atoms with Crippen molar-refractivity contribution in [2.75, 3.05) is 14.2 Å². The van der Waals surface area contributed by atoms with E-state index in [0.717, 1.165) is 47.8 Å². The van der Waals surface area contributed by atoms with Crippen LogP contribution in [0.3, 0.4) is 0 Å². The van der Waals surface area contributed by atoms with E-state index < -0.39 is 0 Å². The van der Waals surface area contributed by atoms with Gasteiger partial charge in [0.25, 0.3) is 0 Å². The van der Waals surface area contributed by atoms with Crippen molar-refractivity contribution in [3.05, 3.63) is 53.6 Å². The topological polar surface area (TPSA) is 43.3 Å². The smallest absolute Gasteiger partial charge is 0.187 e. The lowest BCUT2D eigenvalue weighted by Crippen LogP contribution is -2.40. The summed E-state index contributed by atoms with van der Waals surface area (Å²) in [5.41, 5.74) is 3.32. The van der Waals surface area contributed by atoms with Crippen molar-refractivity contribution in [3.8, 4) is 17.2 Å². The van der Waals surface area contributed by atoms with E-state index >= 15 is 0 Å². The zero-order valence-electron chi connectivity index (χ0n) is 15.4. The van der Waals surface area contributed by atoms with Crippen molar-refractivity contribution >= 4 is 5.71 Å². The van der Waals surface area contributed by atoms with Crippen LogP contribution < -0.4 is 14.2 Å². The molecule has 0 amide bonds. The fourth-order valence-electron chi connectivity index (χ4n) is 3.74. The van der Waals surface area contributed by atoms with E-state index in [1.165, 1.54) is 5.56 Å². The SMILES string of the molecule is CCC[C@H]1Oc2ccccc2[C@@H]2CC(c3ccc(OC)c(OC)c3)=NN12. The first kappa shape index (κ1) is 16.8. The Morgan fingerprint density at radius 1 is 1.12 bits per heavy atom. The molecule has 0 fully saturated rings. The van der Waals surface area contributed by atoms with Gasteiger partial charge in [-0.2, -0.15) is 5.10 Å². The minimum absolute atomic E-state index is 0.0162. The summed E-state index contributed by atoms with van der Waals surface area (Å²) in [6, 6.07) is 14.5. The third kappa shape index (κ3) is 2.77. The third-order valence-corrected chi connectivity index (χ3v) is 5.03. The van der Waals surface area contributed by atoms with E-state index in [-0.39, 0.29) is 12.3 Å². The highest BCUT2D eigenvalue weighted by atomic mass is 16.5. The van der Waals surface area contributed by atoms with Gasteiger partial charge in [-0.25, -0.2) is 0 Å². The van der Waals surface area contributed by atoms with Gasteiger partial charge in [0, 0.05) is 24.0 Å². The summed E-state index contributed by atoms with van der Waals surface area (Å²) in [6.45, 7) is 2.17. The fourth-order valence-corrected chi connectivity index (χ4v) is 3.74. The van der Waals surface area contributed by atoms with Crippen LogP contribution in [-0.4, -0.2) is 31.2 Å². The first-order valence-corrected chi connectivity index (χ1v) is 9.09. The van der Waals surface area contributed by atoms with Crippen LogP contribution >= 0.6 is 0 Å². The summed E-state index contributed by atoms with van der Waals surface area (Å²) in [7, 11) is 3.30. The molecule has 0 unspecified atom stereocenters. The maximum absolute atomic E-state index is 6.23. The van der Waals surface area contributed by atoms with Crippen LogP contribution in [0.15, 0.2) is 47.6 Å². The predicted octanol–water partition coefficient (Wildman–Crippen LogP) is 4.37. The maximum atomic E-state index is 6.23. The molecule has 2 aliphatic heterocycles. The van der Waals surface area contributed by atoms with Crippen LogP contribution in [-0.2, 0) is 0 Å². The average molecular weight is 352 g/mol. The minimum atomic E-state index is -0.0162. The molecule has 2 aromatic rings. The Kier molecular flexibility index (Phi) is 4.45. The number of nitrogens with zero attached hydrogens (tertiary/aromatic N) is 2. The van der Waals surface area contributed by atoms with Crippen LogP contribution in [0.1, 0.15) is 43.4 Å². The molecule has 4 rings (SSSR count). The van der Waals surface area contributed by atoms with Crippen molar-refractivity contribution in [3.63, 3.8) is 0 Å². The van der Waals surface area contributed by atoms with Crippen molar-refractivity contribution < 1.29 is 14.2 Å². The summed E-state index contributed by atoms with van der Waals surface area (Å²) in [5, 5.41) is 7.08. The lowest BCUT2D eigenvalue weighted by Gasteiger charge is -2.38. The van der Waals surface area contributed by atoms with Crippen LogP contribution in [0, 0.1) is 0 Å². The molecule has 5 nitrogen and oxygen atoms in total. The van der Waals surface area contributed by atoms with E-state index in [1.54, 1.807) is 14.2 Å². The molecule has 0 saturated heterocycles.